The zero-order valence-electron chi connectivity index (χ0n) is 11.0. The summed E-state index contributed by atoms with van der Waals surface area (Å²) in [7, 11) is 1.57. The first kappa shape index (κ1) is 13.6. The molecule has 0 aromatic carbocycles. The van der Waals surface area contributed by atoms with Gasteiger partial charge in [0.2, 0.25) is 0 Å². The molecule has 104 valence electrons. The van der Waals surface area contributed by atoms with E-state index < -0.39 is 5.97 Å². The van der Waals surface area contributed by atoms with Gasteiger partial charge in [-0.3, -0.25) is 9.59 Å². The van der Waals surface area contributed by atoms with E-state index in [4.69, 9.17) is 14.3 Å². The molecule has 0 saturated carbocycles. The van der Waals surface area contributed by atoms with Crippen LogP contribution in [-0.4, -0.2) is 47.7 Å². The number of nitrogens with zero attached hydrogens (tertiary/aromatic N) is 1. The fraction of sp³-hybridized carbons (Fsp3) is 0.538. The van der Waals surface area contributed by atoms with Gasteiger partial charge in [0.25, 0.3) is 5.91 Å². The normalized spacial score (nSPS) is 22.7. The number of carbonyl (C=O) groups is 2. The van der Waals surface area contributed by atoms with Crippen molar-refractivity contribution in [3.05, 3.63) is 23.7 Å². The number of aryl methyl sites for hydroxylation is 1. The molecule has 1 aliphatic heterocycles. The number of rotatable bonds is 4. The van der Waals surface area contributed by atoms with Crippen LogP contribution in [0.3, 0.4) is 0 Å². The lowest BCUT2D eigenvalue weighted by molar-refractivity contribution is -0.137. The molecular formula is C13H17NO5. The molecule has 0 aliphatic carbocycles. The van der Waals surface area contributed by atoms with Gasteiger partial charge in [0, 0.05) is 19.7 Å². The summed E-state index contributed by atoms with van der Waals surface area (Å²) in [6.07, 6.45) is 1.83. The van der Waals surface area contributed by atoms with E-state index in [9.17, 15) is 9.59 Å². The van der Waals surface area contributed by atoms with Crippen LogP contribution in [0.5, 0.6) is 0 Å². The van der Waals surface area contributed by atoms with Gasteiger partial charge in [0.1, 0.15) is 5.76 Å². The third kappa shape index (κ3) is 2.78. The van der Waals surface area contributed by atoms with Crippen LogP contribution in [0.25, 0.3) is 0 Å². The lowest BCUT2D eigenvalue weighted by atomic mass is 10.1. The molecule has 1 aromatic rings. The van der Waals surface area contributed by atoms with E-state index in [0.29, 0.717) is 24.3 Å². The summed E-state index contributed by atoms with van der Waals surface area (Å²) in [5, 5.41) is 8.92. The van der Waals surface area contributed by atoms with Crippen LogP contribution in [0.1, 0.15) is 29.0 Å². The van der Waals surface area contributed by atoms with Crippen molar-refractivity contribution >= 4 is 11.9 Å². The molecule has 19 heavy (non-hydrogen) atoms. The topological polar surface area (TPSA) is 80.0 Å². The monoisotopic (exact) mass is 267 g/mol. The lowest BCUT2D eigenvalue weighted by Crippen LogP contribution is -2.37. The van der Waals surface area contributed by atoms with Crippen molar-refractivity contribution in [1.82, 2.24) is 4.90 Å². The fourth-order valence-corrected chi connectivity index (χ4v) is 2.45. The maximum Gasteiger partial charge on any atom is 0.305 e. The molecule has 0 bridgehead atoms. The van der Waals surface area contributed by atoms with Crippen molar-refractivity contribution in [2.24, 2.45) is 0 Å². The smallest absolute Gasteiger partial charge is 0.305 e. The van der Waals surface area contributed by atoms with E-state index in [2.05, 4.69) is 0 Å². The van der Waals surface area contributed by atoms with Crippen LogP contribution in [0.15, 0.2) is 16.7 Å². The van der Waals surface area contributed by atoms with E-state index in [-0.39, 0.29) is 24.5 Å². The van der Waals surface area contributed by atoms with Crippen LogP contribution in [0, 0.1) is 6.92 Å². The van der Waals surface area contributed by atoms with Gasteiger partial charge < -0.3 is 19.2 Å². The zero-order valence-corrected chi connectivity index (χ0v) is 11.0. The van der Waals surface area contributed by atoms with E-state index >= 15 is 0 Å². The Morgan fingerprint density at radius 1 is 1.58 bits per heavy atom. The van der Waals surface area contributed by atoms with Gasteiger partial charge in [-0.2, -0.15) is 0 Å². The van der Waals surface area contributed by atoms with Gasteiger partial charge in [-0.15, -0.1) is 0 Å². The van der Waals surface area contributed by atoms with Gasteiger partial charge in [0.05, 0.1) is 24.4 Å². The molecule has 0 radical (unpaired) electrons. The Morgan fingerprint density at radius 2 is 2.32 bits per heavy atom. The molecule has 6 nitrogen and oxygen atoms in total. The Hall–Kier alpha value is -1.82. The highest BCUT2D eigenvalue weighted by Crippen LogP contribution is 2.25. The van der Waals surface area contributed by atoms with Crippen molar-refractivity contribution in [2.45, 2.75) is 31.9 Å². The van der Waals surface area contributed by atoms with Crippen LogP contribution < -0.4 is 0 Å². The number of hydrogen-bond acceptors (Lipinski definition) is 4. The Kier molecular flexibility index (Phi) is 3.90. The fourth-order valence-electron chi connectivity index (χ4n) is 2.45. The summed E-state index contributed by atoms with van der Waals surface area (Å²) in [4.78, 5) is 24.8. The molecule has 1 saturated heterocycles. The molecule has 1 N–H and O–H groups in total. The second kappa shape index (κ2) is 5.44. The van der Waals surface area contributed by atoms with Crippen LogP contribution in [0.4, 0.5) is 0 Å². The quantitative estimate of drug-likeness (QED) is 0.889. The molecule has 1 amide bonds. The maximum atomic E-state index is 12.4. The van der Waals surface area contributed by atoms with Crippen molar-refractivity contribution in [3.8, 4) is 0 Å². The molecule has 6 heteroatoms. The molecule has 1 aliphatic rings. The summed E-state index contributed by atoms with van der Waals surface area (Å²) in [6.45, 7) is 2.13. The average Bonchev–Trinajstić information content (AvgIpc) is 2.94. The highest BCUT2D eigenvalue weighted by molar-refractivity contribution is 5.95. The van der Waals surface area contributed by atoms with Crippen molar-refractivity contribution in [2.75, 3.05) is 13.7 Å². The van der Waals surface area contributed by atoms with Gasteiger partial charge in [0.15, 0.2) is 0 Å². The molecule has 2 heterocycles. The number of methoxy groups -OCH3 is 1. The summed E-state index contributed by atoms with van der Waals surface area (Å²) in [6, 6.07) is 1.28. The molecule has 2 atom stereocenters. The van der Waals surface area contributed by atoms with Gasteiger partial charge in [-0.1, -0.05) is 0 Å². The number of carbonyl (C=O) groups excluding carboxylic acids is 1. The number of hydrogen-bond donors (Lipinski definition) is 1. The summed E-state index contributed by atoms with van der Waals surface area (Å²) < 4.78 is 10.4. The first-order valence-corrected chi connectivity index (χ1v) is 6.12. The van der Waals surface area contributed by atoms with Crippen LogP contribution >= 0.6 is 0 Å². The van der Waals surface area contributed by atoms with E-state index in [0.717, 1.165) is 0 Å². The van der Waals surface area contributed by atoms with Crippen molar-refractivity contribution in [3.63, 3.8) is 0 Å². The second-order valence-electron chi connectivity index (χ2n) is 4.69. The van der Waals surface area contributed by atoms with E-state index in [1.807, 2.05) is 0 Å². The van der Waals surface area contributed by atoms with Gasteiger partial charge >= 0.3 is 5.97 Å². The van der Waals surface area contributed by atoms with Crippen LogP contribution in [0.2, 0.25) is 0 Å². The molecule has 1 fully saturated rings. The Morgan fingerprint density at radius 3 is 2.84 bits per heavy atom. The molecule has 1 aromatic heterocycles. The SMILES string of the molecule is COC1CC(CC(=O)O)N(C(=O)c2ccoc2C)C1. The third-order valence-electron chi connectivity index (χ3n) is 3.47. The van der Waals surface area contributed by atoms with E-state index in [1.165, 1.54) is 6.26 Å². The minimum atomic E-state index is -0.913. The molecule has 2 unspecified atom stereocenters. The number of aliphatic carboxylic acids is 1. The predicted octanol–water partition coefficient (Wildman–Crippen LogP) is 1.29. The predicted molar refractivity (Wildman–Crippen MR) is 65.9 cm³/mol. The Balaban J connectivity index is 2.18. The highest BCUT2D eigenvalue weighted by Gasteiger charge is 2.37. The Labute approximate surface area is 110 Å². The summed E-state index contributed by atoms with van der Waals surface area (Å²) in [5.74, 6) is -0.569. The Bertz CT molecular complexity index is 481. The minimum absolute atomic E-state index is 0.0670. The van der Waals surface area contributed by atoms with Crippen molar-refractivity contribution < 1.29 is 23.8 Å². The second-order valence-corrected chi connectivity index (χ2v) is 4.69. The average molecular weight is 267 g/mol. The largest absolute Gasteiger partial charge is 0.481 e. The third-order valence-corrected chi connectivity index (χ3v) is 3.47. The number of carboxylic acid groups (broad SMARTS) is 1. The van der Waals surface area contributed by atoms with Gasteiger partial charge in [-0.05, 0) is 19.4 Å². The highest BCUT2D eigenvalue weighted by atomic mass is 16.5. The first-order chi connectivity index (χ1) is 9.02. The number of amides is 1. The lowest BCUT2D eigenvalue weighted by Gasteiger charge is -2.22. The number of likely N-dealkylation sites (tertiary alicyclic amines) is 1. The molecule has 0 spiro atoms. The first-order valence-electron chi connectivity index (χ1n) is 6.12. The number of ether oxygens (including phenoxy) is 1. The standard InChI is InChI=1S/C13H17NO5/c1-8-11(3-4-19-8)13(17)14-7-10(18-2)5-9(14)6-12(15)16/h3-4,9-10H,5-7H2,1-2H3,(H,15,16). The number of furan rings is 1. The molecular weight excluding hydrogens is 250 g/mol. The van der Waals surface area contributed by atoms with Crippen LogP contribution in [-0.2, 0) is 9.53 Å². The molecule has 2 rings (SSSR count). The maximum absolute atomic E-state index is 12.4. The van der Waals surface area contributed by atoms with Crippen molar-refractivity contribution in [1.29, 1.82) is 0 Å². The van der Waals surface area contributed by atoms with E-state index in [1.54, 1.807) is 25.0 Å². The summed E-state index contributed by atoms with van der Waals surface area (Å²) in [5.41, 5.74) is 0.479. The zero-order chi connectivity index (χ0) is 14.0. The summed E-state index contributed by atoms with van der Waals surface area (Å²) >= 11 is 0. The number of carboxylic acids is 1. The van der Waals surface area contributed by atoms with Gasteiger partial charge in [-0.25, -0.2) is 0 Å². The minimum Gasteiger partial charge on any atom is -0.481 e.